The highest BCUT2D eigenvalue weighted by atomic mass is 32.2. The van der Waals surface area contributed by atoms with Crippen LogP contribution >= 0.6 is 0 Å². The van der Waals surface area contributed by atoms with E-state index in [1.54, 1.807) is 55.6 Å². The average Bonchev–Trinajstić information content (AvgIpc) is 3.40. The zero-order chi connectivity index (χ0) is 22.5. The molecule has 0 aliphatic carbocycles. The van der Waals surface area contributed by atoms with Crippen LogP contribution in [0.4, 0.5) is 5.69 Å². The largest absolute Gasteiger partial charge is 0.508 e. The average molecular weight is 450 g/mol. The molecule has 2 aliphatic rings. The highest BCUT2D eigenvalue weighted by Gasteiger charge is 2.53. The second-order valence-electron chi connectivity index (χ2n) is 8.09. The Morgan fingerprint density at radius 3 is 1.91 bits per heavy atom. The van der Waals surface area contributed by atoms with E-state index in [4.69, 9.17) is 4.74 Å². The fourth-order valence-electron chi connectivity index (χ4n) is 4.63. The molecule has 2 N–H and O–H groups in total. The minimum Gasteiger partial charge on any atom is -0.508 e. The summed E-state index contributed by atoms with van der Waals surface area (Å²) >= 11 is 0. The summed E-state index contributed by atoms with van der Waals surface area (Å²) in [6.45, 7) is 0. The number of phenolic OH excluding ortho intramolecular Hbond substituents is 2. The predicted octanol–water partition coefficient (Wildman–Crippen LogP) is 4.01. The molecule has 2 aliphatic heterocycles. The maximum absolute atomic E-state index is 13.6. The second-order valence-corrected chi connectivity index (χ2v) is 10.3. The lowest BCUT2D eigenvalue weighted by atomic mass is 9.83. The van der Waals surface area contributed by atoms with E-state index in [2.05, 4.69) is 0 Å². The van der Waals surface area contributed by atoms with Gasteiger partial charge in [0.15, 0.2) is 0 Å². The quantitative estimate of drug-likeness (QED) is 0.615. The summed E-state index contributed by atoms with van der Waals surface area (Å²) in [7, 11) is -2.13. The highest BCUT2D eigenvalue weighted by Crippen LogP contribution is 2.51. The Hall–Kier alpha value is -3.29. The van der Waals surface area contributed by atoms with Gasteiger partial charge in [-0.05, 0) is 65.1 Å². The van der Waals surface area contributed by atoms with Crippen LogP contribution in [0.15, 0.2) is 78.9 Å². The van der Waals surface area contributed by atoms with Gasteiger partial charge in [0.25, 0.3) is 0 Å². The van der Waals surface area contributed by atoms with E-state index < -0.39 is 21.4 Å². The van der Waals surface area contributed by atoms with Gasteiger partial charge in [-0.15, -0.1) is 0 Å². The van der Waals surface area contributed by atoms with E-state index in [9.17, 15) is 18.6 Å². The van der Waals surface area contributed by atoms with E-state index >= 15 is 0 Å². The highest BCUT2D eigenvalue weighted by molar-refractivity contribution is 7.93. The molecule has 3 atom stereocenters. The molecule has 0 radical (unpaired) electrons. The zero-order valence-corrected chi connectivity index (χ0v) is 18.2. The number of para-hydroxylation sites is 1. The van der Waals surface area contributed by atoms with Crippen molar-refractivity contribution >= 4 is 26.9 Å². The number of aromatic hydroxyl groups is 2. The monoisotopic (exact) mass is 449 g/mol. The van der Waals surface area contributed by atoms with Gasteiger partial charge in [-0.1, -0.05) is 42.5 Å². The van der Waals surface area contributed by atoms with Gasteiger partial charge in [-0.2, -0.15) is 0 Å². The fraction of sp³-hybridized carbons (Fsp3) is 0.200. The molecule has 7 heteroatoms. The normalized spacial score (nSPS) is 22.3. The molecule has 164 valence electrons. The van der Waals surface area contributed by atoms with Gasteiger partial charge in [-0.25, -0.2) is 8.42 Å². The van der Waals surface area contributed by atoms with Crippen molar-refractivity contribution < 1.29 is 23.4 Å². The van der Waals surface area contributed by atoms with Crippen molar-refractivity contribution in [1.82, 2.24) is 0 Å². The van der Waals surface area contributed by atoms with Crippen LogP contribution < -0.4 is 4.31 Å². The molecule has 0 aromatic heterocycles. The van der Waals surface area contributed by atoms with Crippen molar-refractivity contribution in [3.05, 3.63) is 90.0 Å². The lowest BCUT2D eigenvalue weighted by molar-refractivity contribution is 0.128. The van der Waals surface area contributed by atoms with Crippen LogP contribution in [0.2, 0.25) is 0 Å². The van der Waals surface area contributed by atoms with Crippen LogP contribution in [0.1, 0.15) is 17.5 Å². The van der Waals surface area contributed by atoms with Gasteiger partial charge in [-0.3, -0.25) is 4.31 Å². The van der Waals surface area contributed by atoms with Crippen LogP contribution in [-0.2, 0) is 14.8 Å². The third kappa shape index (κ3) is 3.34. The molecular formula is C25H23NO5S. The Balaban J connectivity index is 1.60. The molecule has 3 aromatic carbocycles. The molecule has 3 aromatic rings. The molecule has 2 bridgehead atoms. The Morgan fingerprint density at radius 1 is 0.812 bits per heavy atom. The van der Waals surface area contributed by atoms with E-state index in [1.807, 2.05) is 30.3 Å². The fourth-order valence-corrected chi connectivity index (χ4v) is 6.38. The number of phenols is 2. The van der Waals surface area contributed by atoms with Crippen LogP contribution in [-0.4, -0.2) is 43.1 Å². The summed E-state index contributed by atoms with van der Waals surface area (Å²) in [5, 5.41) is 18.7. The van der Waals surface area contributed by atoms with Crippen molar-refractivity contribution in [2.45, 2.75) is 23.9 Å². The second kappa shape index (κ2) is 7.69. The van der Waals surface area contributed by atoms with Gasteiger partial charge in [0.1, 0.15) is 22.9 Å². The molecule has 0 spiro atoms. The minimum atomic E-state index is -3.70. The van der Waals surface area contributed by atoms with Gasteiger partial charge in [0.05, 0.1) is 11.8 Å². The standard InChI is InChI=1S/C25H23NO5S/c1-26(18-5-3-2-4-6-18)32(29,30)22-15-21-23(16-7-11-19(27)12-8-16)24(25(22)31-21)17-9-13-20(28)14-10-17/h2-14,21-22,25,27-28H,15H2,1H3/t21-,22+,25+/m0/s1. The Morgan fingerprint density at radius 2 is 1.34 bits per heavy atom. The number of fused-ring (bicyclic) bond motifs is 2. The Kier molecular flexibility index (Phi) is 4.95. The van der Waals surface area contributed by atoms with Gasteiger partial charge in [0.2, 0.25) is 10.0 Å². The molecule has 0 unspecified atom stereocenters. The number of ether oxygens (including phenoxy) is 1. The number of rotatable bonds is 5. The summed E-state index contributed by atoms with van der Waals surface area (Å²) in [4.78, 5) is 0. The number of sulfonamides is 1. The summed E-state index contributed by atoms with van der Waals surface area (Å²) in [6, 6.07) is 22.6. The summed E-state index contributed by atoms with van der Waals surface area (Å²) in [6.07, 6.45) is -0.663. The van der Waals surface area contributed by atoms with E-state index in [-0.39, 0.29) is 17.6 Å². The molecular weight excluding hydrogens is 426 g/mol. The first kappa shape index (κ1) is 20.6. The number of nitrogens with zero attached hydrogens (tertiary/aromatic N) is 1. The zero-order valence-electron chi connectivity index (χ0n) is 17.4. The number of benzene rings is 3. The SMILES string of the molecule is CN(c1ccccc1)S(=O)(=O)[C@@H]1C[C@@H]2O[C@H]1C(c1ccc(O)cc1)=C2c1ccc(O)cc1. The van der Waals surface area contributed by atoms with Crippen molar-refractivity contribution in [3.8, 4) is 11.5 Å². The predicted molar refractivity (Wildman–Crippen MR) is 124 cm³/mol. The molecule has 1 saturated heterocycles. The summed E-state index contributed by atoms with van der Waals surface area (Å²) in [5.41, 5.74) is 4.02. The molecule has 6 nitrogen and oxygen atoms in total. The molecule has 2 heterocycles. The lowest BCUT2D eigenvalue weighted by Gasteiger charge is -2.29. The van der Waals surface area contributed by atoms with Gasteiger partial charge >= 0.3 is 0 Å². The van der Waals surface area contributed by atoms with Gasteiger partial charge in [0, 0.05) is 7.05 Å². The first-order valence-corrected chi connectivity index (χ1v) is 11.9. The molecule has 5 rings (SSSR count). The van der Waals surface area contributed by atoms with E-state index in [1.165, 1.54) is 4.31 Å². The van der Waals surface area contributed by atoms with Crippen LogP contribution in [0.3, 0.4) is 0 Å². The topological polar surface area (TPSA) is 87.1 Å². The smallest absolute Gasteiger partial charge is 0.240 e. The van der Waals surface area contributed by atoms with Gasteiger partial charge < -0.3 is 14.9 Å². The van der Waals surface area contributed by atoms with E-state index in [0.29, 0.717) is 12.1 Å². The Bertz CT molecular complexity index is 1270. The maximum Gasteiger partial charge on any atom is 0.240 e. The Labute approximate surface area is 187 Å². The van der Waals surface area contributed by atoms with Crippen molar-refractivity contribution in [3.63, 3.8) is 0 Å². The number of hydrogen-bond acceptors (Lipinski definition) is 5. The maximum atomic E-state index is 13.6. The van der Waals surface area contributed by atoms with Crippen molar-refractivity contribution in [2.75, 3.05) is 11.4 Å². The van der Waals surface area contributed by atoms with E-state index in [0.717, 1.165) is 22.3 Å². The molecule has 1 fully saturated rings. The number of hydrogen-bond donors (Lipinski definition) is 2. The molecule has 0 amide bonds. The van der Waals surface area contributed by atoms with Crippen LogP contribution in [0, 0.1) is 0 Å². The van der Waals surface area contributed by atoms with Crippen LogP contribution in [0.5, 0.6) is 11.5 Å². The number of anilines is 1. The van der Waals surface area contributed by atoms with Crippen molar-refractivity contribution in [1.29, 1.82) is 0 Å². The van der Waals surface area contributed by atoms with Crippen molar-refractivity contribution in [2.24, 2.45) is 0 Å². The summed E-state index contributed by atoms with van der Waals surface area (Å²) < 4.78 is 34.8. The third-order valence-electron chi connectivity index (χ3n) is 6.23. The lowest BCUT2D eigenvalue weighted by Crippen LogP contribution is -2.42. The van der Waals surface area contributed by atoms with Crippen LogP contribution in [0.25, 0.3) is 11.1 Å². The first-order valence-electron chi connectivity index (χ1n) is 10.4. The molecule has 0 saturated carbocycles. The molecule has 32 heavy (non-hydrogen) atoms. The summed E-state index contributed by atoms with van der Waals surface area (Å²) in [5.74, 6) is 0.298. The minimum absolute atomic E-state index is 0.137. The third-order valence-corrected chi connectivity index (χ3v) is 8.41. The first-order chi connectivity index (χ1) is 15.4.